The molecule has 1 N–H and O–H groups in total. The molecule has 0 saturated heterocycles. The van der Waals surface area contributed by atoms with Crippen LogP contribution in [0.25, 0.3) is 11.1 Å². The molecule has 0 aromatic heterocycles. The molecule has 0 saturated carbocycles. The van der Waals surface area contributed by atoms with Crippen molar-refractivity contribution >= 4 is 5.97 Å². The summed E-state index contributed by atoms with van der Waals surface area (Å²) in [4.78, 5) is 11.3. The number of benzene rings is 3. The van der Waals surface area contributed by atoms with Crippen molar-refractivity contribution in [2.24, 2.45) is 0 Å². The monoisotopic (exact) mass is 436 g/mol. The number of phenolic OH excluding ortho intramolecular Hbond substituents is 1. The summed E-state index contributed by atoms with van der Waals surface area (Å²) >= 11 is 0. The number of ether oxygens (including phenoxy) is 2. The van der Waals surface area contributed by atoms with Gasteiger partial charge in [-0.3, -0.25) is 4.79 Å². The molecular weight excluding hydrogens is 407 g/mol. The first-order valence-corrected chi connectivity index (χ1v) is 10.6. The fourth-order valence-electron chi connectivity index (χ4n) is 3.55. The van der Waals surface area contributed by atoms with Crippen molar-refractivity contribution in [3.8, 4) is 22.6 Å². The Kier molecular flexibility index (Phi) is 7.18. The van der Waals surface area contributed by atoms with Crippen LogP contribution in [0.5, 0.6) is 11.5 Å². The quantitative estimate of drug-likeness (QED) is 0.449. The van der Waals surface area contributed by atoms with E-state index in [0.717, 1.165) is 22.3 Å². The second-order valence-corrected chi connectivity index (χ2v) is 8.80. The Morgan fingerprint density at radius 1 is 0.938 bits per heavy atom. The Labute approximate surface area is 188 Å². The highest BCUT2D eigenvalue weighted by Gasteiger charge is 2.21. The minimum atomic E-state index is -0.381. The lowest BCUT2D eigenvalue weighted by molar-refractivity contribution is -0.140. The molecule has 3 aromatic rings. The van der Waals surface area contributed by atoms with Crippen molar-refractivity contribution in [1.82, 2.24) is 0 Å². The fourth-order valence-corrected chi connectivity index (χ4v) is 3.55. The third-order valence-electron chi connectivity index (χ3n) is 5.31. The summed E-state index contributed by atoms with van der Waals surface area (Å²) in [6.07, 6.45) is 0.950. The normalized spacial score (nSPS) is 11.3. The zero-order valence-corrected chi connectivity index (χ0v) is 18.9. The maximum absolute atomic E-state index is 14.6. The smallest absolute Gasteiger partial charge is 0.305 e. The van der Waals surface area contributed by atoms with E-state index in [-0.39, 0.29) is 23.0 Å². The van der Waals surface area contributed by atoms with E-state index in [4.69, 9.17) is 4.74 Å². The Bertz CT molecular complexity index is 1080. The minimum absolute atomic E-state index is 0.0233. The number of phenols is 1. The van der Waals surface area contributed by atoms with Crippen molar-refractivity contribution in [3.63, 3.8) is 0 Å². The summed E-state index contributed by atoms with van der Waals surface area (Å²) in [5.41, 5.74) is 3.81. The largest absolute Gasteiger partial charge is 0.508 e. The number of halogens is 1. The minimum Gasteiger partial charge on any atom is -0.508 e. The van der Waals surface area contributed by atoms with Gasteiger partial charge < -0.3 is 14.6 Å². The van der Waals surface area contributed by atoms with E-state index in [1.165, 1.54) is 25.3 Å². The Morgan fingerprint density at radius 2 is 1.62 bits per heavy atom. The molecule has 4 nitrogen and oxygen atoms in total. The number of carbonyl (C=O) groups excluding carboxylic acids is 1. The third-order valence-corrected chi connectivity index (χ3v) is 5.31. The van der Waals surface area contributed by atoms with E-state index in [2.05, 4.69) is 25.5 Å². The lowest BCUT2D eigenvalue weighted by Crippen LogP contribution is -2.13. The maximum Gasteiger partial charge on any atom is 0.305 e. The lowest BCUT2D eigenvalue weighted by Gasteiger charge is -2.24. The van der Waals surface area contributed by atoms with Gasteiger partial charge in [0.25, 0.3) is 0 Å². The zero-order valence-electron chi connectivity index (χ0n) is 18.9. The number of aryl methyl sites for hydroxylation is 1. The van der Waals surface area contributed by atoms with Gasteiger partial charge in [0.05, 0.1) is 7.11 Å². The first-order valence-electron chi connectivity index (χ1n) is 10.6. The summed E-state index contributed by atoms with van der Waals surface area (Å²) in [5.74, 6) is 0.115. The summed E-state index contributed by atoms with van der Waals surface area (Å²) in [7, 11) is 1.38. The van der Waals surface area contributed by atoms with Gasteiger partial charge >= 0.3 is 5.97 Å². The standard InChI is InChI=1S/C27H29FO4/c1-27(2,3)24-12-7-19(15-22(24)23-16-20(29)9-13-25(23)28)17-32-21-10-5-18(6-11-21)8-14-26(30)31-4/h5-7,9-13,15-16,29H,8,14,17H2,1-4H3. The molecular formula is C27H29FO4. The predicted octanol–water partition coefficient (Wildman–Crippen LogP) is 6.18. The van der Waals surface area contributed by atoms with Crippen molar-refractivity contribution in [3.05, 3.63) is 83.2 Å². The second-order valence-electron chi connectivity index (χ2n) is 8.80. The molecule has 0 fully saturated rings. The molecule has 0 radical (unpaired) electrons. The van der Waals surface area contributed by atoms with Gasteiger partial charge in [0, 0.05) is 12.0 Å². The molecule has 0 bridgehead atoms. The summed E-state index contributed by atoms with van der Waals surface area (Å²) in [6.45, 7) is 6.54. The molecule has 168 valence electrons. The van der Waals surface area contributed by atoms with Crippen LogP contribution in [0.4, 0.5) is 4.39 Å². The Morgan fingerprint density at radius 3 is 2.28 bits per heavy atom. The van der Waals surface area contributed by atoms with E-state index in [9.17, 15) is 14.3 Å². The van der Waals surface area contributed by atoms with Gasteiger partial charge in [0.1, 0.15) is 23.9 Å². The number of aromatic hydroxyl groups is 1. The van der Waals surface area contributed by atoms with Gasteiger partial charge in [-0.2, -0.15) is 0 Å². The van der Waals surface area contributed by atoms with Crippen LogP contribution in [0, 0.1) is 5.82 Å². The van der Waals surface area contributed by atoms with Crippen LogP contribution in [0.2, 0.25) is 0 Å². The number of methoxy groups -OCH3 is 1. The van der Waals surface area contributed by atoms with Crippen molar-refractivity contribution < 1.29 is 23.8 Å². The number of carbonyl (C=O) groups is 1. The highest BCUT2D eigenvalue weighted by molar-refractivity contribution is 5.71. The van der Waals surface area contributed by atoms with E-state index in [0.29, 0.717) is 30.8 Å². The first kappa shape index (κ1) is 23.3. The molecule has 3 rings (SSSR count). The zero-order chi connectivity index (χ0) is 23.3. The van der Waals surface area contributed by atoms with Gasteiger partial charge in [0.15, 0.2) is 0 Å². The van der Waals surface area contributed by atoms with Crippen LogP contribution in [-0.4, -0.2) is 18.2 Å². The lowest BCUT2D eigenvalue weighted by atomic mass is 9.81. The molecule has 0 amide bonds. The number of hydrogen-bond donors (Lipinski definition) is 1. The Hall–Kier alpha value is -3.34. The maximum atomic E-state index is 14.6. The average molecular weight is 437 g/mol. The highest BCUT2D eigenvalue weighted by Crippen LogP contribution is 2.36. The molecule has 32 heavy (non-hydrogen) atoms. The summed E-state index contributed by atoms with van der Waals surface area (Å²) in [6, 6.07) is 17.6. The molecule has 0 spiro atoms. The van der Waals surface area contributed by atoms with E-state index >= 15 is 0 Å². The molecule has 0 heterocycles. The van der Waals surface area contributed by atoms with Crippen molar-refractivity contribution in [2.75, 3.05) is 7.11 Å². The van der Waals surface area contributed by atoms with Crippen LogP contribution in [-0.2, 0) is 28.0 Å². The number of rotatable bonds is 7. The van der Waals surface area contributed by atoms with Crippen LogP contribution in [0.1, 0.15) is 43.9 Å². The van der Waals surface area contributed by atoms with Gasteiger partial charge in [-0.1, -0.05) is 45.0 Å². The van der Waals surface area contributed by atoms with E-state index in [1.807, 2.05) is 42.5 Å². The van der Waals surface area contributed by atoms with Crippen LogP contribution < -0.4 is 4.74 Å². The van der Waals surface area contributed by atoms with E-state index in [1.54, 1.807) is 0 Å². The van der Waals surface area contributed by atoms with Crippen molar-refractivity contribution in [2.45, 2.75) is 45.6 Å². The predicted molar refractivity (Wildman–Crippen MR) is 123 cm³/mol. The molecule has 0 unspecified atom stereocenters. The van der Waals surface area contributed by atoms with Crippen LogP contribution in [0.15, 0.2) is 60.7 Å². The fraction of sp³-hybridized carbons (Fsp3) is 0.296. The van der Waals surface area contributed by atoms with Crippen LogP contribution in [0.3, 0.4) is 0 Å². The van der Waals surface area contributed by atoms with Gasteiger partial charge in [-0.15, -0.1) is 0 Å². The molecule has 0 aliphatic carbocycles. The summed E-state index contributed by atoms with van der Waals surface area (Å²) in [5, 5.41) is 9.90. The van der Waals surface area contributed by atoms with Crippen molar-refractivity contribution in [1.29, 1.82) is 0 Å². The summed E-state index contributed by atoms with van der Waals surface area (Å²) < 4.78 is 25.2. The topological polar surface area (TPSA) is 55.8 Å². The molecule has 3 aromatic carbocycles. The van der Waals surface area contributed by atoms with Gasteiger partial charge in [-0.05, 0) is 70.5 Å². The van der Waals surface area contributed by atoms with Gasteiger partial charge in [0.2, 0.25) is 0 Å². The molecule has 0 aliphatic rings. The Balaban J connectivity index is 1.79. The van der Waals surface area contributed by atoms with Crippen LogP contribution >= 0.6 is 0 Å². The third kappa shape index (κ3) is 5.88. The SMILES string of the molecule is COC(=O)CCc1ccc(OCc2ccc(C(C)(C)C)c(-c3cc(O)ccc3F)c2)cc1. The number of hydrogen-bond acceptors (Lipinski definition) is 4. The van der Waals surface area contributed by atoms with Gasteiger partial charge in [-0.25, -0.2) is 4.39 Å². The molecule has 5 heteroatoms. The first-order chi connectivity index (χ1) is 15.2. The highest BCUT2D eigenvalue weighted by atomic mass is 19.1. The molecule has 0 atom stereocenters. The number of esters is 1. The second kappa shape index (κ2) is 9.86. The van der Waals surface area contributed by atoms with E-state index < -0.39 is 0 Å². The average Bonchev–Trinajstić information content (AvgIpc) is 2.77. The molecule has 0 aliphatic heterocycles.